The Morgan fingerprint density at radius 2 is 1.58 bits per heavy atom. The lowest BCUT2D eigenvalue weighted by molar-refractivity contribution is 0.104. The van der Waals surface area contributed by atoms with E-state index in [2.05, 4.69) is 0 Å². The second kappa shape index (κ2) is 7.15. The van der Waals surface area contributed by atoms with Gasteiger partial charge in [-0.3, -0.25) is 9.59 Å². The number of benzene rings is 2. The van der Waals surface area contributed by atoms with Crippen LogP contribution in [0.25, 0.3) is 16.7 Å². The normalized spacial score (nSPS) is 10.8. The third-order valence-electron chi connectivity index (χ3n) is 3.51. The van der Waals surface area contributed by atoms with Gasteiger partial charge in [0.15, 0.2) is 11.3 Å². The molecule has 4 nitrogen and oxygen atoms in total. The van der Waals surface area contributed by atoms with Crippen LogP contribution in [0.1, 0.15) is 10.4 Å². The van der Waals surface area contributed by atoms with E-state index in [0.29, 0.717) is 16.5 Å². The molecule has 24 heavy (non-hydrogen) atoms. The van der Waals surface area contributed by atoms with Crippen LogP contribution in [0, 0.1) is 0 Å². The first-order chi connectivity index (χ1) is 11.7. The van der Waals surface area contributed by atoms with Gasteiger partial charge in [0, 0.05) is 5.56 Å². The summed E-state index contributed by atoms with van der Waals surface area (Å²) >= 11 is 2.83. The molecular formula is C18H15NO3S2. The summed E-state index contributed by atoms with van der Waals surface area (Å²) in [7, 11) is 0. The van der Waals surface area contributed by atoms with Gasteiger partial charge in [-0.25, -0.2) is 0 Å². The van der Waals surface area contributed by atoms with Gasteiger partial charge in [0.2, 0.25) is 5.78 Å². The highest BCUT2D eigenvalue weighted by molar-refractivity contribution is 8.22. The standard InChI is InChI=1S/C18H15NO3S2/c1-23-18(24-2)15(16(20)12-8-4-3-5-9-12)19-17(21)13-10-6-7-11-14(13)22-19/h3-11H,1-2H3. The highest BCUT2D eigenvalue weighted by Gasteiger charge is 2.24. The monoisotopic (exact) mass is 357 g/mol. The van der Waals surface area contributed by atoms with E-state index in [0.717, 1.165) is 8.98 Å². The number of para-hydroxylation sites is 1. The van der Waals surface area contributed by atoms with Crippen molar-refractivity contribution < 1.29 is 9.32 Å². The van der Waals surface area contributed by atoms with E-state index in [9.17, 15) is 9.59 Å². The number of nitrogens with zero attached hydrogens (tertiary/aromatic N) is 1. The molecule has 0 saturated carbocycles. The fourth-order valence-electron chi connectivity index (χ4n) is 2.39. The molecule has 0 bridgehead atoms. The second-order valence-electron chi connectivity index (χ2n) is 4.93. The van der Waals surface area contributed by atoms with Crippen LogP contribution in [0.5, 0.6) is 0 Å². The molecule has 0 radical (unpaired) electrons. The molecule has 0 saturated heterocycles. The Bertz CT molecular complexity index is 965. The molecule has 0 fully saturated rings. The van der Waals surface area contributed by atoms with E-state index < -0.39 is 0 Å². The molecule has 122 valence electrons. The number of ketones is 1. The average molecular weight is 357 g/mol. The number of allylic oxidation sites excluding steroid dienone is 1. The fourth-order valence-corrected chi connectivity index (χ4v) is 3.79. The van der Waals surface area contributed by atoms with Gasteiger partial charge in [-0.2, -0.15) is 0 Å². The van der Waals surface area contributed by atoms with Crippen molar-refractivity contribution in [3.05, 3.63) is 74.8 Å². The molecule has 0 spiro atoms. The molecule has 1 aromatic heterocycles. The molecule has 1 heterocycles. The maximum atomic E-state index is 13.0. The SMILES string of the molecule is CSC(SC)=C(C(=O)c1ccccc1)n1oc2ccccc2c1=O. The van der Waals surface area contributed by atoms with Crippen LogP contribution < -0.4 is 5.56 Å². The zero-order chi connectivity index (χ0) is 17.1. The number of Topliss-reactive ketones (excluding diaryl/α,β-unsaturated/α-hetero) is 1. The average Bonchev–Trinajstić information content (AvgIpc) is 2.96. The molecule has 6 heteroatoms. The Morgan fingerprint density at radius 3 is 2.21 bits per heavy atom. The summed E-state index contributed by atoms with van der Waals surface area (Å²) in [6.45, 7) is 0. The molecule has 0 atom stereocenters. The predicted molar refractivity (Wildman–Crippen MR) is 101 cm³/mol. The molecule has 0 aliphatic heterocycles. The largest absolute Gasteiger partial charge is 0.371 e. The third-order valence-corrected chi connectivity index (χ3v) is 5.64. The molecule has 0 aliphatic carbocycles. The lowest BCUT2D eigenvalue weighted by Gasteiger charge is -2.10. The van der Waals surface area contributed by atoms with E-state index in [1.54, 1.807) is 48.5 Å². The molecule has 0 amide bonds. The number of thioether (sulfide) groups is 2. The van der Waals surface area contributed by atoms with Crippen LogP contribution in [-0.4, -0.2) is 23.0 Å². The summed E-state index contributed by atoms with van der Waals surface area (Å²) in [6.07, 6.45) is 3.75. The molecule has 0 aliphatic rings. The van der Waals surface area contributed by atoms with Crippen LogP contribution in [0.3, 0.4) is 0 Å². The zero-order valence-electron chi connectivity index (χ0n) is 13.2. The minimum Gasteiger partial charge on any atom is -0.371 e. The van der Waals surface area contributed by atoms with Crippen LogP contribution in [0.2, 0.25) is 0 Å². The number of hydrogen-bond acceptors (Lipinski definition) is 5. The predicted octanol–water partition coefficient (Wildman–Crippen LogP) is 4.33. The van der Waals surface area contributed by atoms with E-state index in [4.69, 9.17) is 4.52 Å². The lowest BCUT2D eigenvalue weighted by Crippen LogP contribution is -2.20. The summed E-state index contributed by atoms with van der Waals surface area (Å²) < 4.78 is 7.53. The van der Waals surface area contributed by atoms with Gasteiger partial charge in [-0.15, -0.1) is 28.3 Å². The van der Waals surface area contributed by atoms with Crippen molar-refractivity contribution in [1.82, 2.24) is 4.74 Å². The maximum absolute atomic E-state index is 13.0. The summed E-state index contributed by atoms with van der Waals surface area (Å²) in [6, 6.07) is 15.9. The Hall–Kier alpha value is -2.18. The molecule has 3 aromatic rings. The fraction of sp³-hybridized carbons (Fsp3) is 0.111. The number of carbonyl (C=O) groups is 1. The van der Waals surface area contributed by atoms with Gasteiger partial charge >= 0.3 is 0 Å². The van der Waals surface area contributed by atoms with Gasteiger partial charge in [0.25, 0.3) is 5.56 Å². The number of rotatable bonds is 5. The van der Waals surface area contributed by atoms with E-state index in [1.165, 1.54) is 23.5 Å². The Morgan fingerprint density at radius 1 is 0.958 bits per heavy atom. The van der Waals surface area contributed by atoms with E-state index in [-0.39, 0.29) is 17.0 Å². The highest BCUT2D eigenvalue weighted by Crippen LogP contribution is 2.32. The van der Waals surface area contributed by atoms with Crippen LogP contribution >= 0.6 is 23.5 Å². The van der Waals surface area contributed by atoms with Crippen LogP contribution in [0.15, 0.2) is 68.2 Å². The Labute approximate surface area is 147 Å². The van der Waals surface area contributed by atoms with Gasteiger partial charge in [-0.1, -0.05) is 42.5 Å². The summed E-state index contributed by atoms with van der Waals surface area (Å²) in [5.74, 6) is -0.240. The molecule has 0 N–H and O–H groups in total. The maximum Gasteiger partial charge on any atom is 0.295 e. The quantitative estimate of drug-likeness (QED) is 0.502. The van der Waals surface area contributed by atoms with Crippen molar-refractivity contribution in [1.29, 1.82) is 0 Å². The summed E-state index contributed by atoms with van der Waals surface area (Å²) in [4.78, 5) is 25.7. The van der Waals surface area contributed by atoms with Crippen molar-refractivity contribution in [3.63, 3.8) is 0 Å². The first kappa shape index (κ1) is 16.7. The zero-order valence-corrected chi connectivity index (χ0v) is 14.8. The molecule has 2 aromatic carbocycles. The third kappa shape index (κ3) is 2.95. The van der Waals surface area contributed by atoms with Crippen LogP contribution in [0.4, 0.5) is 0 Å². The van der Waals surface area contributed by atoms with Crippen molar-refractivity contribution in [2.24, 2.45) is 0 Å². The van der Waals surface area contributed by atoms with Gasteiger partial charge in [0.05, 0.1) is 9.62 Å². The van der Waals surface area contributed by atoms with Crippen LogP contribution in [-0.2, 0) is 0 Å². The number of fused-ring (bicyclic) bond motifs is 1. The summed E-state index contributed by atoms with van der Waals surface area (Å²) in [5.41, 5.74) is 0.899. The number of hydrogen-bond donors (Lipinski definition) is 0. The van der Waals surface area contributed by atoms with Crippen molar-refractivity contribution in [3.8, 4) is 0 Å². The van der Waals surface area contributed by atoms with Crippen molar-refractivity contribution in [2.45, 2.75) is 0 Å². The Balaban J connectivity index is 2.26. The number of carbonyl (C=O) groups excluding carboxylic acids is 1. The first-order valence-corrected chi connectivity index (χ1v) is 9.65. The minimum absolute atomic E-state index is 0.240. The van der Waals surface area contributed by atoms with Gasteiger partial charge < -0.3 is 4.52 Å². The Kier molecular flexibility index (Phi) is 4.97. The topological polar surface area (TPSA) is 52.2 Å². The minimum atomic E-state index is -0.328. The first-order valence-electron chi connectivity index (χ1n) is 7.20. The second-order valence-corrected chi connectivity index (χ2v) is 6.82. The van der Waals surface area contributed by atoms with E-state index in [1.807, 2.05) is 18.6 Å². The van der Waals surface area contributed by atoms with Crippen molar-refractivity contribution in [2.75, 3.05) is 12.5 Å². The van der Waals surface area contributed by atoms with Crippen molar-refractivity contribution >= 4 is 46.0 Å². The summed E-state index contributed by atoms with van der Waals surface area (Å²) in [5, 5.41) is 0.456. The van der Waals surface area contributed by atoms with Gasteiger partial charge in [-0.05, 0) is 24.6 Å². The highest BCUT2D eigenvalue weighted by atomic mass is 32.2. The van der Waals surface area contributed by atoms with E-state index >= 15 is 0 Å². The lowest BCUT2D eigenvalue weighted by atomic mass is 10.1. The molecular weight excluding hydrogens is 342 g/mol. The molecule has 0 unspecified atom stereocenters. The smallest absolute Gasteiger partial charge is 0.295 e. The van der Waals surface area contributed by atoms with Gasteiger partial charge in [0.1, 0.15) is 0 Å². The molecule has 3 rings (SSSR count). The number of aromatic nitrogens is 1.